The van der Waals surface area contributed by atoms with Crippen molar-refractivity contribution in [1.82, 2.24) is 6.15 Å². The van der Waals surface area contributed by atoms with E-state index < -0.39 is 28.5 Å². The molecule has 0 aromatic carbocycles. The van der Waals surface area contributed by atoms with Gasteiger partial charge < -0.3 is 17.0 Å². The summed E-state index contributed by atoms with van der Waals surface area (Å²) < 4.78 is 0. The van der Waals surface area contributed by atoms with Crippen molar-refractivity contribution in [3.05, 3.63) is 0 Å². The van der Waals surface area contributed by atoms with E-state index in [-0.39, 0.29) is 6.15 Å². The Hall–Kier alpha value is 0.658. The molecule has 0 aliphatic heterocycles. The molecule has 0 saturated heterocycles. The van der Waals surface area contributed by atoms with E-state index in [4.69, 9.17) is 29.7 Å². The van der Waals surface area contributed by atoms with Gasteiger partial charge in [-0.2, -0.15) is 0 Å². The number of hydrogen-bond acceptors (Lipinski definition) is 3. The predicted octanol–water partition coefficient (Wildman–Crippen LogP) is 0.957. The van der Waals surface area contributed by atoms with Crippen LogP contribution in [-0.4, -0.2) is 17.1 Å². The number of aliphatic carboxylic acids is 1. The van der Waals surface area contributed by atoms with Crippen molar-refractivity contribution in [2.24, 2.45) is 5.73 Å². The summed E-state index contributed by atoms with van der Waals surface area (Å²) in [4.78, 5) is 9.57. The van der Waals surface area contributed by atoms with Crippen LogP contribution in [0.1, 0.15) is 6.92 Å². The average Bonchev–Trinajstić information content (AvgIpc) is 1.68. The van der Waals surface area contributed by atoms with Crippen LogP contribution < -0.4 is 11.9 Å². The van der Waals surface area contributed by atoms with Gasteiger partial charge in [0.1, 0.15) is 6.04 Å². The first-order valence-corrected chi connectivity index (χ1v) is 7.50. The van der Waals surface area contributed by atoms with Gasteiger partial charge in [-0.15, -0.1) is 0 Å². The van der Waals surface area contributed by atoms with E-state index >= 15 is 0 Å². The minimum atomic E-state index is -0.963. The Kier molecular flexibility index (Phi) is 20.9. The summed E-state index contributed by atoms with van der Waals surface area (Å²) in [5, 5.41) is 7.87. The fourth-order valence-electron chi connectivity index (χ4n) is 0. The Labute approximate surface area is 76.0 Å². The van der Waals surface area contributed by atoms with Crippen molar-refractivity contribution in [3.8, 4) is 0 Å². The van der Waals surface area contributed by atoms with Crippen molar-refractivity contribution in [2.75, 3.05) is 0 Å². The predicted molar refractivity (Wildman–Crippen MR) is 38.0 cm³/mol. The quantitative estimate of drug-likeness (QED) is 0.639. The van der Waals surface area contributed by atoms with Gasteiger partial charge >= 0.3 is 41.3 Å². The molecule has 6 N–H and O–H groups in total. The second-order valence-electron chi connectivity index (χ2n) is 1.17. The van der Waals surface area contributed by atoms with E-state index in [0.717, 1.165) is 0 Å². The summed E-state index contributed by atoms with van der Waals surface area (Å²) in [6, 6.07) is -0.731. The fourth-order valence-corrected chi connectivity index (χ4v) is 0. The first kappa shape index (κ1) is 17.0. The van der Waals surface area contributed by atoms with Gasteiger partial charge in [-0.05, 0) is 6.92 Å². The van der Waals surface area contributed by atoms with E-state index in [1.807, 2.05) is 0 Å². The molecule has 0 fully saturated rings. The molecule has 0 heterocycles. The van der Waals surface area contributed by atoms with Gasteiger partial charge in [0.05, 0.1) is 0 Å². The molecule has 0 radical (unpaired) electrons. The molecule has 0 aromatic rings. The summed E-state index contributed by atoms with van der Waals surface area (Å²) in [5.41, 5.74) is 4.84. The molecule has 0 saturated carbocycles. The van der Waals surface area contributed by atoms with E-state index in [2.05, 4.69) is 0 Å². The zero-order valence-electron chi connectivity index (χ0n) is 5.29. The molecule has 1 atom stereocenters. The molecule has 4 nitrogen and oxygen atoms in total. The van der Waals surface area contributed by atoms with Gasteiger partial charge in [0.15, 0.2) is 0 Å². The van der Waals surface area contributed by atoms with Gasteiger partial charge in [0, 0.05) is 0 Å². The normalized spacial score (nSPS) is 10.4. The summed E-state index contributed by atoms with van der Waals surface area (Å²) in [6.07, 6.45) is 0. The molecule has 0 spiro atoms. The van der Waals surface area contributed by atoms with Crippen LogP contribution in [-0.2, 0) is 21.3 Å². The summed E-state index contributed by atoms with van der Waals surface area (Å²) in [5.74, 6) is -0.963. The second kappa shape index (κ2) is 12.3. The third-order valence-electron chi connectivity index (χ3n) is 0.390. The summed E-state index contributed by atoms with van der Waals surface area (Å²) >= 11 is -0.472. The van der Waals surface area contributed by atoms with Gasteiger partial charge in [-0.25, -0.2) is 0 Å². The molecular formula is C3H10Cl2N2O2Pt+2. The van der Waals surface area contributed by atoms with Gasteiger partial charge in [0.2, 0.25) is 0 Å². The van der Waals surface area contributed by atoms with Crippen molar-refractivity contribution >= 4 is 24.8 Å². The molecule has 1 unspecified atom stereocenters. The number of carboxylic acid groups (broad SMARTS) is 1. The topological polar surface area (TPSA) is 98.3 Å². The number of carboxylic acids is 1. The van der Waals surface area contributed by atoms with Crippen LogP contribution >= 0.6 is 18.8 Å². The number of hydrogen-bond donors (Lipinski definition) is 3. The molecule has 0 aliphatic carbocycles. The SMILES string of the molecule is CC(N)C(=O)O.N.[Cl][Pt+2][Cl]. The van der Waals surface area contributed by atoms with Gasteiger partial charge in [-0.3, -0.25) is 4.79 Å². The van der Waals surface area contributed by atoms with E-state index in [9.17, 15) is 4.79 Å². The Morgan fingerprint density at radius 2 is 1.80 bits per heavy atom. The van der Waals surface area contributed by atoms with Gasteiger partial charge in [0.25, 0.3) is 0 Å². The molecule has 10 heavy (non-hydrogen) atoms. The van der Waals surface area contributed by atoms with Crippen LogP contribution in [0, 0.1) is 0 Å². The van der Waals surface area contributed by atoms with Crippen molar-refractivity contribution in [2.45, 2.75) is 13.0 Å². The number of rotatable bonds is 1. The molecule has 0 amide bonds. The molecule has 7 heteroatoms. The molecular weight excluding hydrogens is 362 g/mol. The van der Waals surface area contributed by atoms with Crippen molar-refractivity contribution < 1.29 is 26.4 Å². The first-order valence-electron chi connectivity index (χ1n) is 1.87. The molecule has 0 bridgehead atoms. The average molecular weight is 372 g/mol. The van der Waals surface area contributed by atoms with Crippen molar-refractivity contribution in [1.29, 1.82) is 0 Å². The van der Waals surface area contributed by atoms with Crippen molar-refractivity contribution in [3.63, 3.8) is 0 Å². The fraction of sp³-hybridized carbons (Fsp3) is 0.667. The monoisotopic (exact) mass is 371 g/mol. The molecule has 0 rings (SSSR count). The molecule has 0 aliphatic rings. The molecule has 66 valence electrons. The summed E-state index contributed by atoms with van der Waals surface area (Å²) in [7, 11) is 9.75. The van der Waals surface area contributed by atoms with E-state index in [1.165, 1.54) is 6.92 Å². The zero-order chi connectivity index (χ0) is 7.86. The van der Waals surface area contributed by atoms with E-state index in [0.29, 0.717) is 0 Å². The molecule has 0 aromatic heterocycles. The number of halogens is 2. The zero-order valence-corrected chi connectivity index (χ0v) is 9.07. The number of carbonyl (C=O) groups is 1. The second-order valence-corrected chi connectivity index (χ2v) is 4.45. The third kappa shape index (κ3) is 23.4. The van der Waals surface area contributed by atoms with E-state index in [1.54, 1.807) is 0 Å². The summed E-state index contributed by atoms with van der Waals surface area (Å²) in [6.45, 7) is 1.42. The van der Waals surface area contributed by atoms with Crippen LogP contribution in [0.4, 0.5) is 0 Å². The standard InChI is InChI=1S/C3H7NO2.2ClH.H3N.Pt/c1-2(4)3(5)6;;;;/h2H,4H2,1H3,(H,5,6);2*1H;1H3;/q;;;;+4/p-2. The van der Waals surface area contributed by atoms with Crippen LogP contribution in [0.5, 0.6) is 0 Å². The number of nitrogens with two attached hydrogens (primary N) is 1. The maximum absolute atomic E-state index is 9.57. The van der Waals surface area contributed by atoms with Crippen LogP contribution in [0.3, 0.4) is 0 Å². The minimum absolute atomic E-state index is 0. The van der Waals surface area contributed by atoms with Crippen LogP contribution in [0.15, 0.2) is 0 Å². The Morgan fingerprint density at radius 1 is 1.70 bits per heavy atom. The van der Waals surface area contributed by atoms with Crippen LogP contribution in [0.25, 0.3) is 0 Å². The third-order valence-corrected chi connectivity index (χ3v) is 0.390. The van der Waals surface area contributed by atoms with Crippen LogP contribution in [0.2, 0.25) is 0 Å². The van der Waals surface area contributed by atoms with Gasteiger partial charge in [-0.1, -0.05) is 0 Å². The maximum atomic E-state index is 9.57. The Balaban J connectivity index is -0.000000107. The Bertz CT molecular complexity index is 82.9. The Morgan fingerprint density at radius 3 is 1.80 bits per heavy atom. The first-order chi connectivity index (χ1) is 4.06.